The van der Waals surface area contributed by atoms with Gasteiger partial charge in [-0.05, 0) is 32.9 Å². The first-order chi connectivity index (χ1) is 9.45. The number of para-hydroxylation sites is 1. The third-order valence-electron chi connectivity index (χ3n) is 4.22. The van der Waals surface area contributed by atoms with Crippen LogP contribution in [0.1, 0.15) is 32.6 Å². The number of aromatic nitrogens is 2. The number of hydrogen-bond acceptors (Lipinski definition) is 3. The maximum atomic E-state index is 14.0. The van der Waals surface area contributed by atoms with Crippen molar-refractivity contribution in [3.8, 4) is 0 Å². The van der Waals surface area contributed by atoms with Crippen molar-refractivity contribution in [3.63, 3.8) is 0 Å². The van der Waals surface area contributed by atoms with Gasteiger partial charge in [0.15, 0.2) is 5.82 Å². The maximum absolute atomic E-state index is 14.0. The van der Waals surface area contributed by atoms with Crippen LogP contribution >= 0.6 is 0 Å². The second-order valence-electron chi connectivity index (χ2n) is 6.05. The Labute approximate surface area is 117 Å². The van der Waals surface area contributed by atoms with E-state index in [9.17, 15) is 4.39 Å². The van der Waals surface area contributed by atoms with Gasteiger partial charge in [-0.2, -0.15) is 0 Å². The Kier molecular flexibility index (Phi) is 3.06. The number of imidazole rings is 1. The fraction of sp³-hybridized carbons (Fsp3) is 0.533. The first-order valence-electron chi connectivity index (χ1n) is 6.95. The number of ether oxygens (including phenoxy) is 1. The minimum absolute atomic E-state index is 0.125. The molecule has 0 saturated carbocycles. The lowest BCUT2D eigenvalue weighted by Crippen LogP contribution is -2.44. The summed E-state index contributed by atoms with van der Waals surface area (Å²) < 4.78 is 21.6. The molecule has 4 nitrogen and oxygen atoms in total. The Hall–Kier alpha value is -1.46. The SMILES string of the molecule is CC(C)n1c(C2(C)COCC2N)nc2c(F)cccc21. The van der Waals surface area contributed by atoms with E-state index >= 15 is 0 Å². The Morgan fingerprint density at radius 2 is 2.25 bits per heavy atom. The molecular weight excluding hydrogens is 257 g/mol. The average molecular weight is 277 g/mol. The van der Waals surface area contributed by atoms with Crippen molar-refractivity contribution in [3.05, 3.63) is 29.8 Å². The third-order valence-corrected chi connectivity index (χ3v) is 4.22. The normalized spacial score (nSPS) is 26.8. The number of nitrogens with zero attached hydrogens (tertiary/aromatic N) is 2. The lowest BCUT2D eigenvalue weighted by atomic mass is 9.84. The largest absolute Gasteiger partial charge is 0.379 e. The van der Waals surface area contributed by atoms with Gasteiger partial charge >= 0.3 is 0 Å². The summed E-state index contributed by atoms with van der Waals surface area (Å²) in [5.74, 6) is 0.525. The van der Waals surface area contributed by atoms with Gasteiger partial charge < -0.3 is 15.0 Å². The van der Waals surface area contributed by atoms with Crippen LogP contribution < -0.4 is 5.73 Å². The highest BCUT2D eigenvalue weighted by molar-refractivity contribution is 5.77. The van der Waals surface area contributed by atoms with Gasteiger partial charge in [-0.15, -0.1) is 0 Å². The van der Waals surface area contributed by atoms with Crippen LogP contribution in [0.5, 0.6) is 0 Å². The van der Waals surface area contributed by atoms with Crippen molar-refractivity contribution in [2.45, 2.75) is 38.3 Å². The van der Waals surface area contributed by atoms with Gasteiger partial charge in [-0.25, -0.2) is 9.37 Å². The van der Waals surface area contributed by atoms with Crippen LogP contribution in [-0.2, 0) is 10.2 Å². The first-order valence-corrected chi connectivity index (χ1v) is 6.95. The minimum atomic E-state index is -0.379. The molecule has 2 N–H and O–H groups in total. The summed E-state index contributed by atoms with van der Waals surface area (Å²) in [4.78, 5) is 4.57. The molecule has 108 valence electrons. The molecule has 1 saturated heterocycles. The topological polar surface area (TPSA) is 53.1 Å². The summed E-state index contributed by atoms with van der Waals surface area (Å²) in [6.45, 7) is 7.22. The van der Waals surface area contributed by atoms with Crippen LogP contribution in [0.25, 0.3) is 11.0 Å². The van der Waals surface area contributed by atoms with Crippen molar-refractivity contribution in [2.24, 2.45) is 5.73 Å². The standard InChI is InChI=1S/C15H20FN3O/c1-9(2)19-11-6-4-5-10(16)13(11)18-14(19)15(3)8-20-7-12(15)17/h4-6,9,12H,7-8,17H2,1-3H3. The molecule has 5 heteroatoms. The molecule has 0 bridgehead atoms. The van der Waals surface area contributed by atoms with E-state index < -0.39 is 0 Å². The van der Waals surface area contributed by atoms with Crippen molar-refractivity contribution >= 4 is 11.0 Å². The quantitative estimate of drug-likeness (QED) is 0.917. The van der Waals surface area contributed by atoms with E-state index in [1.54, 1.807) is 6.07 Å². The highest BCUT2D eigenvalue weighted by Crippen LogP contribution is 2.35. The summed E-state index contributed by atoms with van der Waals surface area (Å²) >= 11 is 0. The van der Waals surface area contributed by atoms with Crippen molar-refractivity contribution in [1.29, 1.82) is 0 Å². The fourth-order valence-corrected chi connectivity index (χ4v) is 2.93. The molecule has 1 aliphatic rings. The molecule has 1 fully saturated rings. The molecule has 0 spiro atoms. The molecule has 3 rings (SSSR count). The number of hydrogen-bond donors (Lipinski definition) is 1. The number of benzene rings is 1. The molecule has 1 aromatic carbocycles. The number of nitrogens with two attached hydrogens (primary N) is 1. The average Bonchev–Trinajstić information content (AvgIpc) is 2.93. The van der Waals surface area contributed by atoms with Crippen molar-refractivity contribution < 1.29 is 9.13 Å². The van der Waals surface area contributed by atoms with Gasteiger partial charge in [0, 0.05) is 12.1 Å². The molecule has 0 aliphatic carbocycles. The van der Waals surface area contributed by atoms with Crippen LogP contribution in [0.3, 0.4) is 0 Å². The predicted octanol–water partition coefficient (Wildman–Crippen LogP) is 2.37. The molecule has 2 atom stereocenters. The van der Waals surface area contributed by atoms with Gasteiger partial charge in [0.25, 0.3) is 0 Å². The van der Waals surface area contributed by atoms with Gasteiger partial charge in [0.05, 0.1) is 24.1 Å². The van der Waals surface area contributed by atoms with E-state index in [1.165, 1.54) is 6.07 Å². The van der Waals surface area contributed by atoms with Crippen molar-refractivity contribution in [2.75, 3.05) is 13.2 Å². The molecule has 1 aliphatic heterocycles. The van der Waals surface area contributed by atoms with E-state index in [4.69, 9.17) is 10.5 Å². The number of fused-ring (bicyclic) bond motifs is 1. The van der Waals surface area contributed by atoms with E-state index in [1.807, 2.05) is 13.0 Å². The second-order valence-corrected chi connectivity index (χ2v) is 6.05. The summed E-state index contributed by atoms with van der Waals surface area (Å²) in [5, 5.41) is 0. The predicted molar refractivity (Wildman–Crippen MR) is 76.2 cm³/mol. The molecule has 0 amide bonds. The Morgan fingerprint density at radius 3 is 2.85 bits per heavy atom. The van der Waals surface area contributed by atoms with Crippen LogP contribution in [0, 0.1) is 5.82 Å². The van der Waals surface area contributed by atoms with Gasteiger partial charge in [0.1, 0.15) is 11.3 Å². The zero-order valence-corrected chi connectivity index (χ0v) is 12.1. The maximum Gasteiger partial charge on any atom is 0.151 e. The van der Waals surface area contributed by atoms with Crippen LogP contribution in [0.15, 0.2) is 18.2 Å². The molecular formula is C15H20FN3O. The van der Waals surface area contributed by atoms with E-state index in [-0.39, 0.29) is 23.3 Å². The van der Waals surface area contributed by atoms with Crippen LogP contribution in [0.2, 0.25) is 0 Å². The zero-order valence-electron chi connectivity index (χ0n) is 12.1. The lowest BCUT2D eigenvalue weighted by Gasteiger charge is -2.28. The van der Waals surface area contributed by atoms with Crippen LogP contribution in [-0.4, -0.2) is 28.8 Å². The fourth-order valence-electron chi connectivity index (χ4n) is 2.93. The monoisotopic (exact) mass is 277 g/mol. The molecule has 2 aromatic rings. The van der Waals surface area contributed by atoms with Gasteiger partial charge in [-0.3, -0.25) is 0 Å². The van der Waals surface area contributed by atoms with Crippen molar-refractivity contribution in [1.82, 2.24) is 9.55 Å². The van der Waals surface area contributed by atoms with E-state index in [0.29, 0.717) is 18.7 Å². The molecule has 20 heavy (non-hydrogen) atoms. The summed E-state index contributed by atoms with van der Waals surface area (Å²) in [5.41, 5.74) is 7.05. The lowest BCUT2D eigenvalue weighted by molar-refractivity contribution is 0.177. The van der Waals surface area contributed by atoms with Crippen LogP contribution in [0.4, 0.5) is 4.39 Å². The Balaban J connectivity index is 2.30. The number of rotatable bonds is 2. The molecule has 2 heterocycles. The molecule has 2 unspecified atom stereocenters. The highest BCUT2D eigenvalue weighted by atomic mass is 19.1. The van der Waals surface area contributed by atoms with Gasteiger partial charge in [0.2, 0.25) is 0 Å². The molecule has 0 radical (unpaired) electrons. The highest BCUT2D eigenvalue weighted by Gasteiger charge is 2.43. The van der Waals surface area contributed by atoms with Gasteiger partial charge in [-0.1, -0.05) is 6.07 Å². The Morgan fingerprint density at radius 1 is 1.50 bits per heavy atom. The Bertz CT molecular complexity index is 652. The summed E-state index contributed by atoms with van der Waals surface area (Å²) in [7, 11) is 0. The van der Waals surface area contributed by atoms with E-state index in [2.05, 4.69) is 23.4 Å². The summed E-state index contributed by atoms with van der Waals surface area (Å²) in [6, 6.07) is 5.12. The number of halogens is 1. The zero-order chi connectivity index (χ0) is 14.5. The minimum Gasteiger partial charge on any atom is -0.379 e. The third kappa shape index (κ3) is 1.77. The first kappa shape index (κ1) is 13.5. The second kappa shape index (κ2) is 4.53. The molecule has 1 aromatic heterocycles. The smallest absolute Gasteiger partial charge is 0.151 e. The summed E-state index contributed by atoms with van der Waals surface area (Å²) in [6.07, 6.45) is 0. The van der Waals surface area contributed by atoms with E-state index in [0.717, 1.165) is 11.3 Å².